The lowest BCUT2D eigenvalue weighted by Gasteiger charge is -2.47. The summed E-state index contributed by atoms with van der Waals surface area (Å²) in [5.74, 6) is -0.121. The van der Waals surface area contributed by atoms with Crippen molar-refractivity contribution in [2.24, 2.45) is 0 Å². The molecule has 2 atom stereocenters. The van der Waals surface area contributed by atoms with Gasteiger partial charge in [-0.25, -0.2) is 0 Å². The summed E-state index contributed by atoms with van der Waals surface area (Å²) >= 11 is 0. The van der Waals surface area contributed by atoms with E-state index in [2.05, 4.69) is 4.98 Å². The first-order valence-electron chi connectivity index (χ1n) is 10.4. The Bertz CT molecular complexity index is 1150. The molecule has 8 heteroatoms. The summed E-state index contributed by atoms with van der Waals surface area (Å²) in [7, 11) is 0. The van der Waals surface area contributed by atoms with Crippen molar-refractivity contribution in [2.45, 2.75) is 31.8 Å². The molecule has 2 aliphatic rings. The first kappa shape index (κ1) is 19.6. The van der Waals surface area contributed by atoms with Crippen molar-refractivity contribution in [2.75, 3.05) is 18.3 Å². The number of carbonyl (C=O) groups is 2. The minimum atomic E-state index is -0.571. The lowest BCUT2D eigenvalue weighted by Crippen LogP contribution is -2.63. The molecule has 1 saturated heterocycles. The largest absolute Gasteiger partial charge is 0.733 e. The van der Waals surface area contributed by atoms with Crippen LogP contribution in [0.4, 0.5) is 5.69 Å². The maximum Gasteiger partial charge on any atom is 0.246 e. The van der Waals surface area contributed by atoms with E-state index in [-0.39, 0.29) is 29.3 Å². The number of H-pyrrole nitrogens is 1. The summed E-state index contributed by atoms with van der Waals surface area (Å²) < 4.78 is 0. The Kier molecular flexibility index (Phi) is 4.68. The van der Waals surface area contributed by atoms with Gasteiger partial charge in [0.15, 0.2) is 0 Å². The molecule has 2 aromatic carbocycles. The van der Waals surface area contributed by atoms with Gasteiger partial charge in [-0.2, -0.15) is 0 Å². The Morgan fingerprint density at radius 1 is 1.16 bits per heavy atom. The standard InChI is InChI=1S/C23H23N4O4/c1-2-11-25-13-20(28)26-19(23(25)29)12-17-16-5-3-4-6-18(16)24-21(17)22(26)14-7-9-15(10-8-14)27(30)31/h3-10,19,22,24,30H,2,11-13H2,1H3/q-1. The molecule has 0 bridgehead atoms. The molecular weight excluding hydrogens is 396 g/mol. The number of hydrogen-bond donors (Lipinski definition) is 2. The molecule has 0 saturated carbocycles. The minimum absolute atomic E-state index is 0.0277. The number of nitrogens with zero attached hydrogens (tertiary/aromatic N) is 3. The van der Waals surface area contributed by atoms with Crippen LogP contribution in [0.15, 0.2) is 48.5 Å². The number of fused-ring (bicyclic) bond motifs is 4. The van der Waals surface area contributed by atoms with Crippen molar-refractivity contribution in [3.8, 4) is 0 Å². The third-order valence-electron chi connectivity index (χ3n) is 6.27. The fraction of sp³-hybridized carbons (Fsp3) is 0.304. The van der Waals surface area contributed by atoms with Crippen LogP contribution in [0.25, 0.3) is 10.9 Å². The summed E-state index contributed by atoms with van der Waals surface area (Å²) in [5.41, 5.74) is 3.76. The molecule has 3 aromatic rings. The molecule has 2 N–H and O–H groups in total. The SMILES string of the molecule is CCCN1CC(=O)N2C(Cc3c([nH]c4ccccc34)C2c2ccc(N([O-])O)cc2)C1=O. The van der Waals surface area contributed by atoms with Gasteiger partial charge in [-0.05, 0) is 35.7 Å². The van der Waals surface area contributed by atoms with Gasteiger partial charge in [-0.15, -0.1) is 0 Å². The quantitative estimate of drug-likeness (QED) is 0.633. The number of hydrogen-bond acceptors (Lipinski definition) is 5. The van der Waals surface area contributed by atoms with E-state index in [1.54, 1.807) is 21.9 Å². The van der Waals surface area contributed by atoms with Gasteiger partial charge in [0.1, 0.15) is 6.04 Å². The minimum Gasteiger partial charge on any atom is -0.733 e. The predicted octanol–water partition coefficient (Wildman–Crippen LogP) is 2.96. The summed E-state index contributed by atoms with van der Waals surface area (Å²) in [6, 6.07) is 13.3. The van der Waals surface area contributed by atoms with Crippen LogP contribution in [0.3, 0.4) is 0 Å². The van der Waals surface area contributed by atoms with Gasteiger partial charge in [-0.1, -0.05) is 37.3 Å². The first-order valence-corrected chi connectivity index (χ1v) is 10.4. The number of nitrogens with one attached hydrogen (secondary N) is 1. The van der Waals surface area contributed by atoms with Crippen molar-refractivity contribution < 1.29 is 14.8 Å². The fourth-order valence-corrected chi connectivity index (χ4v) is 4.91. The zero-order valence-corrected chi connectivity index (χ0v) is 17.1. The van der Waals surface area contributed by atoms with E-state index in [0.717, 1.165) is 34.1 Å². The topological polar surface area (TPSA) is 103 Å². The number of benzene rings is 2. The highest BCUT2D eigenvalue weighted by atomic mass is 16.8. The number of carbonyl (C=O) groups excluding carboxylic acids is 2. The zero-order valence-electron chi connectivity index (χ0n) is 17.1. The smallest absolute Gasteiger partial charge is 0.246 e. The molecule has 0 aliphatic carbocycles. The summed E-state index contributed by atoms with van der Waals surface area (Å²) in [6.45, 7) is 2.62. The molecule has 2 aliphatic heterocycles. The molecule has 160 valence electrons. The van der Waals surface area contributed by atoms with Crippen molar-refractivity contribution in [1.29, 1.82) is 0 Å². The van der Waals surface area contributed by atoms with Crippen LogP contribution in [0.5, 0.6) is 0 Å². The fourth-order valence-electron chi connectivity index (χ4n) is 4.91. The normalized spacial score (nSPS) is 20.7. The van der Waals surface area contributed by atoms with Crippen LogP contribution >= 0.6 is 0 Å². The van der Waals surface area contributed by atoms with E-state index in [1.807, 2.05) is 31.2 Å². The zero-order chi connectivity index (χ0) is 21.7. The Balaban J connectivity index is 1.67. The van der Waals surface area contributed by atoms with Crippen molar-refractivity contribution in [3.63, 3.8) is 0 Å². The van der Waals surface area contributed by atoms with Crippen molar-refractivity contribution in [1.82, 2.24) is 14.8 Å². The number of rotatable bonds is 4. The molecule has 1 fully saturated rings. The van der Waals surface area contributed by atoms with Gasteiger partial charge < -0.3 is 25.2 Å². The van der Waals surface area contributed by atoms with E-state index in [9.17, 15) is 20.0 Å². The molecule has 2 amide bonds. The van der Waals surface area contributed by atoms with Crippen LogP contribution in [0, 0.1) is 5.21 Å². The number of amides is 2. The number of anilines is 1. The lowest BCUT2D eigenvalue weighted by molar-refractivity contribution is -0.158. The van der Waals surface area contributed by atoms with Crippen LogP contribution in [-0.4, -0.2) is 50.9 Å². The maximum atomic E-state index is 13.3. The van der Waals surface area contributed by atoms with Crippen molar-refractivity contribution in [3.05, 3.63) is 70.6 Å². The molecular formula is C23H23N4O4-. The van der Waals surface area contributed by atoms with E-state index >= 15 is 0 Å². The van der Waals surface area contributed by atoms with Gasteiger partial charge >= 0.3 is 0 Å². The molecule has 31 heavy (non-hydrogen) atoms. The molecule has 0 radical (unpaired) electrons. The van der Waals surface area contributed by atoms with E-state index < -0.39 is 12.1 Å². The van der Waals surface area contributed by atoms with Crippen LogP contribution in [0.1, 0.15) is 36.2 Å². The monoisotopic (exact) mass is 419 g/mol. The second-order valence-electron chi connectivity index (χ2n) is 8.11. The van der Waals surface area contributed by atoms with Gasteiger partial charge in [-0.3, -0.25) is 14.8 Å². The van der Waals surface area contributed by atoms with Gasteiger partial charge in [0.05, 0.1) is 18.3 Å². The van der Waals surface area contributed by atoms with Gasteiger partial charge in [0, 0.05) is 29.6 Å². The third-order valence-corrected chi connectivity index (χ3v) is 6.27. The van der Waals surface area contributed by atoms with Crippen LogP contribution in [-0.2, 0) is 16.0 Å². The number of piperazine rings is 1. The molecule has 3 heterocycles. The Hall–Kier alpha value is -3.36. The third kappa shape index (κ3) is 3.07. The summed E-state index contributed by atoms with van der Waals surface area (Å²) in [6.07, 6.45) is 1.26. The Morgan fingerprint density at radius 2 is 1.90 bits per heavy atom. The molecule has 5 rings (SSSR count). The highest BCUT2D eigenvalue weighted by Crippen LogP contribution is 2.42. The first-order chi connectivity index (χ1) is 15.0. The Labute approximate surface area is 179 Å². The average molecular weight is 419 g/mol. The summed E-state index contributed by atoms with van der Waals surface area (Å²) in [4.78, 5) is 33.4. The maximum absolute atomic E-state index is 13.3. The van der Waals surface area contributed by atoms with Gasteiger partial charge in [0.25, 0.3) is 0 Å². The second kappa shape index (κ2) is 7.40. The van der Waals surface area contributed by atoms with Crippen LogP contribution in [0.2, 0.25) is 0 Å². The van der Waals surface area contributed by atoms with Crippen LogP contribution < -0.4 is 5.23 Å². The highest BCUT2D eigenvalue weighted by Gasteiger charge is 2.47. The van der Waals surface area contributed by atoms with E-state index in [4.69, 9.17) is 0 Å². The molecule has 8 nitrogen and oxygen atoms in total. The average Bonchev–Trinajstić information content (AvgIpc) is 3.14. The molecule has 1 aromatic heterocycles. The number of aromatic amines is 1. The van der Waals surface area contributed by atoms with E-state index in [1.165, 1.54) is 12.1 Å². The second-order valence-corrected chi connectivity index (χ2v) is 8.11. The summed E-state index contributed by atoms with van der Waals surface area (Å²) in [5, 5.41) is 21.3. The van der Waals surface area contributed by atoms with Gasteiger partial charge in [0.2, 0.25) is 11.8 Å². The number of para-hydroxylation sites is 1. The van der Waals surface area contributed by atoms with Crippen molar-refractivity contribution >= 4 is 28.4 Å². The molecule has 0 spiro atoms. The molecule has 2 unspecified atom stereocenters. The Morgan fingerprint density at radius 3 is 2.61 bits per heavy atom. The number of aromatic nitrogens is 1. The van der Waals surface area contributed by atoms with E-state index in [0.29, 0.717) is 13.0 Å². The predicted molar refractivity (Wildman–Crippen MR) is 115 cm³/mol. The lowest BCUT2D eigenvalue weighted by atomic mass is 9.86. The highest BCUT2D eigenvalue weighted by molar-refractivity contribution is 5.97.